The van der Waals surface area contributed by atoms with Crippen molar-refractivity contribution in [3.63, 3.8) is 0 Å². The fourth-order valence-electron chi connectivity index (χ4n) is 2.44. The average molecular weight is 267 g/mol. The van der Waals surface area contributed by atoms with Gasteiger partial charge in [0.1, 0.15) is 0 Å². The number of aliphatic hydroxyl groups excluding tert-OH is 1. The Balaban J connectivity index is 2.09. The Morgan fingerprint density at radius 3 is 3.11 bits per heavy atom. The number of hydrogen-bond donors (Lipinski definition) is 1. The second-order valence-corrected chi connectivity index (χ2v) is 5.99. The van der Waals surface area contributed by atoms with Crippen LogP contribution in [-0.2, 0) is 11.3 Å². The summed E-state index contributed by atoms with van der Waals surface area (Å²) in [5, 5.41) is 11.6. The minimum atomic E-state index is -0.0911. The number of morpholine rings is 1. The Morgan fingerprint density at radius 2 is 2.39 bits per heavy atom. The summed E-state index contributed by atoms with van der Waals surface area (Å²) < 4.78 is 7.49. The molecule has 1 aliphatic heterocycles. The van der Waals surface area contributed by atoms with E-state index in [9.17, 15) is 5.11 Å². The standard InChI is InChI=1S/C12H17N3O2S/c1-12(2)8-17-5-3-15(12)10-9(7-16)14-4-6-18-11(14)13-10/h4,6,16H,3,5,7-8H2,1-2H3. The van der Waals surface area contributed by atoms with Crippen molar-refractivity contribution in [1.29, 1.82) is 0 Å². The van der Waals surface area contributed by atoms with E-state index in [2.05, 4.69) is 23.7 Å². The van der Waals surface area contributed by atoms with E-state index in [-0.39, 0.29) is 12.1 Å². The summed E-state index contributed by atoms with van der Waals surface area (Å²) in [6, 6.07) is 0. The number of fused-ring (bicyclic) bond motifs is 1. The molecule has 0 spiro atoms. The summed E-state index contributed by atoms with van der Waals surface area (Å²) in [4.78, 5) is 7.82. The molecule has 0 bridgehead atoms. The van der Waals surface area contributed by atoms with Crippen LogP contribution in [0.25, 0.3) is 4.96 Å². The zero-order valence-electron chi connectivity index (χ0n) is 10.6. The molecule has 1 fully saturated rings. The first-order chi connectivity index (χ1) is 8.63. The monoisotopic (exact) mass is 267 g/mol. The predicted octanol–water partition coefficient (Wildman–Crippen LogP) is 1.50. The number of aliphatic hydroxyl groups is 1. The van der Waals surface area contributed by atoms with E-state index in [1.54, 1.807) is 11.3 Å². The second-order valence-electron chi connectivity index (χ2n) is 5.11. The van der Waals surface area contributed by atoms with E-state index in [0.717, 1.165) is 23.0 Å². The lowest BCUT2D eigenvalue weighted by molar-refractivity contribution is 0.0637. The Labute approximate surface area is 110 Å². The van der Waals surface area contributed by atoms with Crippen LogP contribution in [0.3, 0.4) is 0 Å². The van der Waals surface area contributed by atoms with Crippen molar-refractivity contribution in [3.8, 4) is 0 Å². The first kappa shape index (κ1) is 12.0. The summed E-state index contributed by atoms with van der Waals surface area (Å²) in [7, 11) is 0. The van der Waals surface area contributed by atoms with E-state index in [1.807, 2.05) is 16.0 Å². The fraction of sp³-hybridized carbons (Fsp3) is 0.583. The third kappa shape index (κ3) is 1.72. The van der Waals surface area contributed by atoms with Crippen molar-refractivity contribution in [2.75, 3.05) is 24.7 Å². The van der Waals surface area contributed by atoms with Gasteiger partial charge in [-0.3, -0.25) is 4.40 Å². The molecule has 3 heterocycles. The molecule has 1 aliphatic rings. The number of aromatic nitrogens is 2. The molecule has 0 amide bonds. The summed E-state index contributed by atoms with van der Waals surface area (Å²) in [6.07, 6.45) is 1.95. The molecule has 0 unspecified atom stereocenters. The number of rotatable bonds is 2. The van der Waals surface area contributed by atoms with Gasteiger partial charge in [0.25, 0.3) is 0 Å². The van der Waals surface area contributed by atoms with Crippen LogP contribution in [0.4, 0.5) is 5.82 Å². The largest absolute Gasteiger partial charge is 0.390 e. The summed E-state index contributed by atoms with van der Waals surface area (Å²) in [5.41, 5.74) is 0.771. The lowest BCUT2D eigenvalue weighted by Gasteiger charge is -2.42. The average Bonchev–Trinajstić information content (AvgIpc) is 2.87. The second kappa shape index (κ2) is 4.22. The van der Waals surface area contributed by atoms with Gasteiger partial charge in [0.05, 0.1) is 31.1 Å². The molecular weight excluding hydrogens is 250 g/mol. The first-order valence-electron chi connectivity index (χ1n) is 6.04. The highest BCUT2D eigenvalue weighted by atomic mass is 32.1. The highest BCUT2D eigenvalue weighted by molar-refractivity contribution is 7.15. The van der Waals surface area contributed by atoms with E-state index in [1.165, 1.54) is 0 Å². The SMILES string of the molecule is CC1(C)COCCN1c1nc2sccn2c1CO. The lowest BCUT2D eigenvalue weighted by atomic mass is 10.0. The highest BCUT2D eigenvalue weighted by Crippen LogP contribution is 2.31. The van der Waals surface area contributed by atoms with Crippen molar-refractivity contribution < 1.29 is 9.84 Å². The van der Waals surface area contributed by atoms with Gasteiger partial charge in [-0.15, -0.1) is 11.3 Å². The Hall–Kier alpha value is -1.11. The summed E-state index contributed by atoms with van der Waals surface area (Å²) in [5.74, 6) is 0.887. The van der Waals surface area contributed by atoms with Gasteiger partial charge in [0.15, 0.2) is 10.8 Å². The fourth-order valence-corrected chi connectivity index (χ4v) is 3.16. The van der Waals surface area contributed by atoms with Gasteiger partial charge < -0.3 is 14.7 Å². The molecule has 18 heavy (non-hydrogen) atoms. The molecule has 0 atom stereocenters. The van der Waals surface area contributed by atoms with Gasteiger partial charge in [0, 0.05) is 18.1 Å². The predicted molar refractivity (Wildman–Crippen MR) is 71.2 cm³/mol. The molecule has 1 saturated heterocycles. The van der Waals surface area contributed by atoms with E-state index >= 15 is 0 Å². The molecule has 0 saturated carbocycles. The van der Waals surface area contributed by atoms with Crippen molar-refractivity contribution in [2.45, 2.75) is 26.0 Å². The van der Waals surface area contributed by atoms with E-state index < -0.39 is 0 Å². The van der Waals surface area contributed by atoms with Gasteiger partial charge in [-0.05, 0) is 13.8 Å². The van der Waals surface area contributed by atoms with Crippen LogP contribution >= 0.6 is 11.3 Å². The topological polar surface area (TPSA) is 50.0 Å². The zero-order valence-corrected chi connectivity index (χ0v) is 11.4. The van der Waals surface area contributed by atoms with Gasteiger partial charge >= 0.3 is 0 Å². The van der Waals surface area contributed by atoms with Crippen LogP contribution in [0.15, 0.2) is 11.6 Å². The molecule has 6 heteroatoms. The van der Waals surface area contributed by atoms with Gasteiger partial charge in [-0.25, -0.2) is 4.98 Å². The molecule has 1 N–H and O–H groups in total. The summed E-state index contributed by atoms with van der Waals surface area (Å²) in [6.45, 7) is 6.48. The Morgan fingerprint density at radius 1 is 1.56 bits per heavy atom. The maximum absolute atomic E-state index is 9.61. The molecular formula is C12H17N3O2S. The lowest BCUT2D eigenvalue weighted by Crippen LogP contribution is -2.53. The number of ether oxygens (including phenoxy) is 1. The third-order valence-electron chi connectivity index (χ3n) is 3.39. The normalized spacial score (nSPS) is 19.6. The highest BCUT2D eigenvalue weighted by Gasteiger charge is 2.34. The molecule has 5 nitrogen and oxygen atoms in total. The van der Waals surface area contributed by atoms with Crippen LogP contribution in [-0.4, -0.2) is 39.8 Å². The smallest absolute Gasteiger partial charge is 0.195 e. The molecule has 98 valence electrons. The maximum atomic E-state index is 9.61. The number of thiazole rings is 1. The zero-order chi connectivity index (χ0) is 12.8. The van der Waals surface area contributed by atoms with Crippen LogP contribution in [0, 0.1) is 0 Å². The van der Waals surface area contributed by atoms with Crippen LogP contribution < -0.4 is 4.90 Å². The maximum Gasteiger partial charge on any atom is 0.195 e. The molecule has 0 aliphatic carbocycles. The van der Waals surface area contributed by atoms with Crippen LogP contribution in [0.2, 0.25) is 0 Å². The van der Waals surface area contributed by atoms with Crippen LogP contribution in [0.5, 0.6) is 0 Å². The first-order valence-corrected chi connectivity index (χ1v) is 6.92. The number of imidazole rings is 1. The molecule has 0 aromatic carbocycles. The summed E-state index contributed by atoms with van der Waals surface area (Å²) >= 11 is 1.58. The number of nitrogens with zero attached hydrogens (tertiary/aromatic N) is 3. The quantitative estimate of drug-likeness (QED) is 0.896. The van der Waals surface area contributed by atoms with Crippen molar-refractivity contribution in [2.24, 2.45) is 0 Å². The van der Waals surface area contributed by atoms with E-state index in [0.29, 0.717) is 13.2 Å². The molecule has 2 aromatic rings. The number of anilines is 1. The van der Waals surface area contributed by atoms with E-state index in [4.69, 9.17) is 4.74 Å². The Kier molecular flexibility index (Phi) is 2.80. The molecule has 3 rings (SSSR count). The van der Waals surface area contributed by atoms with Crippen molar-refractivity contribution >= 4 is 22.1 Å². The van der Waals surface area contributed by atoms with Gasteiger partial charge in [-0.1, -0.05) is 0 Å². The van der Waals surface area contributed by atoms with Gasteiger partial charge in [-0.2, -0.15) is 0 Å². The minimum Gasteiger partial charge on any atom is -0.390 e. The molecule has 0 radical (unpaired) electrons. The Bertz CT molecular complexity index is 561. The van der Waals surface area contributed by atoms with Crippen LogP contribution in [0.1, 0.15) is 19.5 Å². The third-order valence-corrected chi connectivity index (χ3v) is 4.15. The van der Waals surface area contributed by atoms with Gasteiger partial charge in [0.2, 0.25) is 0 Å². The molecule has 2 aromatic heterocycles. The van der Waals surface area contributed by atoms with Crippen molar-refractivity contribution in [3.05, 3.63) is 17.3 Å². The number of hydrogen-bond acceptors (Lipinski definition) is 5. The minimum absolute atomic E-state index is 0.000665. The van der Waals surface area contributed by atoms with Crippen molar-refractivity contribution in [1.82, 2.24) is 9.38 Å².